The maximum atomic E-state index is 12.4. The molecule has 6 nitrogen and oxygen atoms in total. The molecule has 1 aliphatic rings. The lowest BCUT2D eigenvalue weighted by Gasteiger charge is -2.48. The van der Waals surface area contributed by atoms with Gasteiger partial charge in [-0.15, -0.1) is 0 Å². The summed E-state index contributed by atoms with van der Waals surface area (Å²) in [5.74, 6) is -0.407. The monoisotopic (exact) mass is 644 g/mol. The van der Waals surface area contributed by atoms with Crippen molar-refractivity contribution in [3.8, 4) is 0 Å². The molecular weight excluding hydrogens is 608 g/mol. The van der Waals surface area contributed by atoms with Gasteiger partial charge in [0.05, 0.1) is 31.3 Å². The van der Waals surface area contributed by atoms with E-state index in [0.717, 1.165) is 22.3 Å². The van der Waals surface area contributed by atoms with Crippen molar-refractivity contribution in [2.45, 2.75) is 68.7 Å². The van der Waals surface area contributed by atoms with Gasteiger partial charge in [-0.3, -0.25) is 4.79 Å². The first kappa shape index (κ1) is 31.1. The molecule has 6 atom stereocenters. The predicted molar refractivity (Wildman–Crippen MR) is 168 cm³/mol. The summed E-state index contributed by atoms with van der Waals surface area (Å²) in [6, 6.07) is 39.9. The number of benzene rings is 4. The summed E-state index contributed by atoms with van der Waals surface area (Å²) in [6.07, 6.45) is -3.03. The lowest BCUT2D eigenvalue weighted by Crippen LogP contribution is -2.65. The molecule has 43 heavy (non-hydrogen) atoms. The van der Waals surface area contributed by atoms with Gasteiger partial charge in [-0.2, -0.15) is 0 Å². The SMILES string of the molecule is CC(=O)O[C@@H]1[C@@H](Br)[C@H](OCc2ccccc2)[C@@H](OCc2ccccc2)[C@H](OCc2ccccc2)[C@H]1OCc1ccccc1. The van der Waals surface area contributed by atoms with E-state index in [2.05, 4.69) is 15.9 Å². The zero-order chi connectivity index (χ0) is 29.9. The van der Waals surface area contributed by atoms with E-state index in [1.807, 2.05) is 121 Å². The number of halogens is 1. The standard InChI is InChI=1S/C36H37BrO6/c1-26(38)43-33-31(37)32(39-22-27-14-6-2-7-15-27)34(40-23-28-16-8-3-9-17-28)36(42-25-30-20-12-5-13-21-30)35(33)41-24-29-18-10-4-11-19-29/h2-21,31-36H,22-25H2,1H3/t31-,32-,33+,34+,35-,36-/m0/s1. The Bertz CT molecular complexity index is 1370. The maximum absolute atomic E-state index is 12.4. The quantitative estimate of drug-likeness (QED) is 0.115. The lowest BCUT2D eigenvalue weighted by atomic mass is 9.86. The van der Waals surface area contributed by atoms with Crippen LogP contribution in [0, 0.1) is 0 Å². The van der Waals surface area contributed by atoms with Crippen molar-refractivity contribution in [2.24, 2.45) is 0 Å². The van der Waals surface area contributed by atoms with Crippen LogP contribution in [0.25, 0.3) is 0 Å². The second-order valence-corrected chi connectivity index (χ2v) is 11.6. The molecule has 4 aromatic rings. The zero-order valence-electron chi connectivity index (χ0n) is 24.2. The van der Waals surface area contributed by atoms with Crippen LogP contribution in [0.4, 0.5) is 0 Å². The van der Waals surface area contributed by atoms with Crippen molar-refractivity contribution in [1.82, 2.24) is 0 Å². The van der Waals surface area contributed by atoms with E-state index in [9.17, 15) is 4.79 Å². The summed E-state index contributed by atoms with van der Waals surface area (Å²) in [4.78, 5) is 12.0. The van der Waals surface area contributed by atoms with Crippen LogP contribution in [0.3, 0.4) is 0 Å². The Morgan fingerprint density at radius 1 is 0.488 bits per heavy atom. The molecule has 5 rings (SSSR count). The average Bonchev–Trinajstić information content (AvgIpc) is 3.05. The summed E-state index contributed by atoms with van der Waals surface area (Å²) in [7, 11) is 0. The molecule has 0 spiro atoms. The second kappa shape index (κ2) is 15.9. The number of carbonyl (C=O) groups excluding carboxylic acids is 1. The van der Waals surface area contributed by atoms with Gasteiger partial charge in [-0.05, 0) is 22.3 Å². The Hall–Kier alpha value is -3.33. The van der Waals surface area contributed by atoms with Crippen LogP contribution < -0.4 is 0 Å². The van der Waals surface area contributed by atoms with E-state index >= 15 is 0 Å². The molecule has 0 heterocycles. The normalized spacial score (nSPS) is 23.5. The number of alkyl halides is 1. The molecule has 0 aliphatic heterocycles. The molecule has 1 saturated carbocycles. The van der Waals surface area contributed by atoms with Crippen LogP contribution in [-0.2, 0) is 54.9 Å². The fraction of sp³-hybridized carbons (Fsp3) is 0.306. The fourth-order valence-electron chi connectivity index (χ4n) is 5.26. The van der Waals surface area contributed by atoms with Gasteiger partial charge < -0.3 is 23.7 Å². The molecule has 0 radical (unpaired) electrons. The molecular formula is C36H37BrO6. The topological polar surface area (TPSA) is 63.2 Å². The van der Waals surface area contributed by atoms with Crippen LogP contribution in [0.15, 0.2) is 121 Å². The number of ether oxygens (including phenoxy) is 5. The predicted octanol–water partition coefficient (Wildman–Crippen LogP) is 7.04. The molecule has 7 heteroatoms. The Labute approximate surface area is 262 Å². The minimum Gasteiger partial charge on any atom is -0.458 e. The lowest BCUT2D eigenvalue weighted by molar-refractivity contribution is -0.242. The van der Waals surface area contributed by atoms with Gasteiger partial charge in [-0.25, -0.2) is 0 Å². The molecule has 0 bridgehead atoms. The van der Waals surface area contributed by atoms with Gasteiger partial charge in [0.1, 0.15) is 30.5 Å². The number of hydrogen-bond acceptors (Lipinski definition) is 6. The minimum absolute atomic E-state index is 0.315. The first-order valence-corrected chi connectivity index (χ1v) is 15.4. The third-order valence-electron chi connectivity index (χ3n) is 7.37. The van der Waals surface area contributed by atoms with E-state index in [1.54, 1.807) is 0 Å². The Morgan fingerprint density at radius 2 is 0.767 bits per heavy atom. The van der Waals surface area contributed by atoms with E-state index < -0.39 is 41.3 Å². The van der Waals surface area contributed by atoms with E-state index in [4.69, 9.17) is 23.7 Å². The summed E-state index contributed by atoms with van der Waals surface area (Å²) >= 11 is 3.86. The van der Waals surface area contributed by atoms with Gasteiger partial charge in [0.25, 0.3) is 0 Å². The Balaban J connectivity index is 1.49. The molecule has 224 valence electrons. The van der Waals surface area contributed by atoms with Crippen LogP contribution in [0.2, 0.25) is 0 Å². The molecule has 0 aromatic heterocycles. The van der Waals surface area contributed by atoms with Gasteiger partial charge in [0, 0.05) is 6.92 Å². The summed E-state index contributed by atoms with van der Waals surface area (Å²) in [6.45, 7) is 2.76. The summed E-state index contributed by atoms with van der Waals surface area (Å²) < 4.78 is 32.5. The number of hydrogen-bond donors (Lipinski definition) is 0. The maximum Gasteiger partial charge on any atom is 0.303 e. The smallest absolute Gasteiger partial charge is 0.303 e. The highest BCUT2D eigenvalue weighted by atomic mass is 79.9. The van der Waals surface area contributed by atoms with E-state index in [1.165, 1.54) is 6.92 Å². The van der Waals surface area contributed by atoms with Crippen LogP contribution in [0.5, 0.6) is 0 Å². The number of esters is 1. The molecule has 1 aliphatic carbocycles. The van der Waals surface area contributed by atoms with Gasteiger partial charge in [-0.1, -0.05) is 137 Å². The average molecular weight is 646 g/mol. The van der Waals surface area contributed by atoms with Gasteiger partial charge in [0.2, 0.25) is 0 Å². The van der Waals surface area contributed by atoms with Crippen LogP contribution >= 0.6 is 15.9 Å². The number of carbonyl (C=O) groups is 1. The van der Waals surface area contributed by atoms with Crippen molar-refractivity contribution in [1.29, 1.82) is 0 Å². The van der Waals surface area contributed by atoms with Crippen molar-refractivity contribution in [3.63, 3.8) is 0 Å². The van der Waals surface area contributed by atoms with Crippen molar-refractivity contribution >= 4 is 21.9 Å². The first-order valence-electron chi connectivity index (χ1n) is 14.5. The molecule has 1 fully saturated rings. The highest BCUT2D eigenvalue weighted by molar-refractivity contribution is 9.09. The molecule has 4 aromatic carbocycles. The Kier molecular flexibility index (Phi) is 11.5. The third kappa shape index (κ3) is 8.85. The third-order valence-corrected chi connectivity index (χ3v) is 8.41. The molecule has 0 amide bonds. The van der Waals surface area contributed by atoms with Crippen molar-refractivity contribution in [2.75, 3.05) is 0 Å². The first-order chi connectivity index (χ1) is 21.1. The minimum atomic E-state index is -0.695. The van der Waals surface area contributed by atoms with Crippen LogP contribution in [0.1, 0.15) is 29.2 Å². The largest absolute Gasteiger partial charge is 0.458 e. The Morgan fingerprint density at radius 3 is 1.09 bits per heavy atom. The highest BCUT2D eigenvalue weighted by Crippen LogP contribution is 2.37. The zero-order valence-corrected chi connectivity index (χ0v) is 25.8. The molecule has 0 N–H and O–H groups in total. The second-order valence-electron chi connectivity index (χ2n) is 10.6. The molecule has 0 unspecified atom stereocenters. The van der Waals surface area contributed by atoms with Crippen LogP contribution in [-0.4, -0.2) is 41.3 Å². The molecule has 0 saturated heterocycles. The van der Waals surface area contributed by atoms with Crippen molar-refractivity contribution < 1.29 is 28.5 Å². The van der Waals surface area contributed by atoms with Crippen molar-refractivity contribution in [3.05, 3.63) is 144 Å². The number of rotatable bonds is 13. The summed E-state index contributed by atoms with van der Waals surface area (Å²) in [5, 5.41) is 0. The van der Waals surface area contributed by atoms with Gasteiger partial charge in [0.15, 0.2) is 0 Å². The highest BCUT2D eigenvalue weighted by Gasteiger charge is 2.54. The van der Waals surface area contributed by atoms with E-state index in [0.29, 0.717) is 26.4 Å². The summed E-state index contributed by atoms with van der Waals surface area (Å²) in [5.41, 5.74) is 4.07. The fourth-order valence-corrected chi connectivity index (χ4v) is 6.12. The van der Waals surface area contributed by atoms with E-state index in [-0.39, 0.29) is 0 Å². The van der Waals surface area contributed by atoms with Gasteiger partial charge >= 0.3 is 5.97 Å².